The number of aromatic nitrogens is 1. The number of nitrogens with zero attached hydrogens (tertiary/aromatic N) is 2. The van der Waals surface area contributed by atoms with Crippen molar-refractivity contribution in [3.8, 4) is 0 Å². The highest BCUT2D eigenvalue weighted by atomic mass is 32.2. The molecule has 0 radical (unpaired) electrons. The number of hydrogen-bond acceptors (Lipinski definition) is 6. The summed E-state index contributed by atoms with van der Waals surface area (Å²) in [6.45, 7) is 1.49. The lowest BCUT2D eigenvalue weighted by atomic mass is 9.87. The Morgan fingerprint density at radius 1 is 1.28 bits per heavy atom. The largest absolute Gasteiger partial charge is 0.445 e. The molecule has 1 aliphatic rings. The third kappa shape index (κ3) is 4.42. The number of rotatable bonds is 5. The molecule has 4 rings (SSSR count). The van der Waals surface area contributed by atoms with Crippen LogP contribution in [0.3, 0.4) is 0 Å². The molecule has 0 bridgehead atoms. The Labute approximate surface area is 178 Å². The second-order valence-corrected chi connectivity index (χ2v) is 9.25. The maximum Gasteiger partial charge on any atom is 0.410 e. The first-order chi connectivity index (χ1) is 14.2. The number of piperidine rings is 1. The SMILES string of the molecule is CSc1sc2ncccc2c1C(O)C1CCN(C(=O)OCc2ccccc2)CC1. The van der Waals surface area contributed by atoms with Gasteiger partial charge in [0.25, 0.3) is 0 Å². The third-order valence-electron chi connectivity index (χ3n) is 5.40. The standard InChI is InChI=1S/C22H24N2O3S2/c1-28-21-18(17-8-5-11-23-20(17)29-21)19(25)16-9-12-24(13-10-16)22(26)27-14-15-6-3-2-4-7-15/h2-8,11,16,19,25H,9-10,12-14H2,1H3. The molecule has 152 valence electrons. The van der Waals surface area contributed by atoms with Crippen LogP contribution in [0.4, 0.5) is 4.79 Å². The summed E-state index contributed by atoms with van der Waals surface area (Å²) < 4.78 is 6.57. The minimum Gasteiger partial charge on any atom is -0.445 e. The van der Waals surface area contributed by atoms with Crippen LogP contribution in [-0.4, -0.2) is 40.4 Å². The first-order valence-electron chi connectivity index (χ1n) is 9.72. The van der Waals surface area contributed by atoms with Crippen molar-refractivity contribution in [1.82, 2.24) is 9.88 Å². The summed E-state index contributed by atoms with van der Waals surface area (Å²) >= 11 is 3.29. The Balaban J connectivity index is 1.38. The van der Waals surface area contributed by atoms with Crippen LogP contribution in [0.15, 0.2) is 52.9 Å². The molecule has 1 atom stereocenters. The number of pyridine rings is 1. The summed E-state index contributed by atoms with van der Waals surface area (Å²) in [6.07, 6.45) is 4.51. The van der Waals surface area contributed by atoms with Gasteiger partial charge in [-0.2, -0.15) is 0 Å². The molecule has 1 N–H and O–H groups in total. The lowest BCUT2D eigenvalue weighted by molar-refractivity contribution is 0.0448. The van der Waals surface area contributed by atoms with Crippen molar-refractivity contribution >= 4 is 39.4 Å². The molecule has 3 aromatic rings. The Hall–Kier alpha value is -2.09. The van der Waals surface area contributed by atoms with E-state index in [0.717, 1.165) is 38.4 Å². The molecule has 0 aliphatic carbocycles. The van der Waals surface area contributed by atoms with E-state index in [9.17, 15) is 9.90 Å². The zero-order chi connectivity index (χ0) is 20.2. The van der Waals surface area contributed by atoms with Gasteiger partial charge >= 0.3 is 6.09 Å². The summed E-state index contributed by atoms with van der Waals surface area (Å²) in [6, 6.07) is 13.6. The Morgan fingerprint density at radius 3 is 2.76 bits per heavy atom. The first kappa shape index (κ1) is 20.2. The number of amides is 1. The van der Waals surface area contributed by atoms with E-state index < -0.39 is 6.10 Å². The highest BCUT2D eigenvalue weighted by molar-refractivity contribution is 8.00. The van der Waals surface area contributed by atoms with Gasteiger partial charge in [-0.1, -0.05) is 30.3 Å². The maximum atomic E-state index is 12.4. The molecule has 7 heteroatoms. The second-order valence-electron chi connectivity index (χ2n) is 7.17. The van der Waals surface area contributed by atoms with E-state index >= 15 is 0 Å². The number of aliphatic hydroxyl groups excluding tert-OH is 1. The number of benzene rings is 1. The van der Waals surface area contributed by atoms with Gasteiger partial charge in [-0.3, -0.25) is 0 Å². The number of thiophene rings is 1. The lowest BCUT2D eigenvalue weighted by Crippen LogP contribution is -2.40. The molecular weight excluding hydrogens is 404 g/mol. The first-order valence-corrected chi connectivity index (χ1v) is 11.8. The Morgan fingerprint density at radius 2 is 2.03 bits per heavy atom. The minimum absolute atomic E-state index is 0.122. The van der Waals surface area contributed by atoms with Gasteiger partial charge in [-0.15, -0.1) is 23.1 Å². The zero-order valence-electron chi connectivity index (χ0n) is 16.3. The van der Waals surface area contributed by atoms with Gasteiger partial charge in [0.2, 0.25) is 0 Å². The minimum atomic E-state index is -0.544. The van der Waals surface area contributed by atoms with Gasteiger partial charge < -0.3 is 14.7 Å². The predicted molar refractivity (Wildman–Crippen MR) is 117 cm³/mol. The Bertz CT molecular complexity index is 969. The molecule has 2 aromatic heterocycles. The number of thioether (sulfide) groups is 1. The van der Waals surface area contributed by atoms with Crippen LogP contribution in [0.2, 0.25) is 0 Å². The zero-order valence-corrected chi connectivity index (χ0v) is 17.9. The molecule has 1 aliphatic heterocycles. The quantitative estimate of drug-likeness (QED) is 0.573. The normalized spacial score (nSPS) is 16.1. The fourth-order valence-electron chi connectivity index (χ4n) is 3.81. The molecule has 1 fully saturated rings. The van der Waals surface area contributed by atoms with E-state index in [2.05, 4.69) is 4.98 Å². The monoisotopic (exact) mass is 428 g/mol. The number of likely N-dealkylation sites (tertiary alicyclic amines) is 1. The van der Waals surface area contributed by atoms with Crippen LogP contribution >= 0.6 is 23.1 Å². The van der Waals surface area contributed by atoms with Crippen molar-refractivity contribution in [3.05, 3.63) is 59.8 Å². The smallest absolute Gasteiger partial charge is 0.410 e. The van der Waals surface area contributed by atoms with Crippen LogP contribution < -0.4 is 0 Å². The predicted octanol–water partition coefficient (Wildman–Crippen LogP) is 5.10. The number of carbonyl (C=O) groups is 1. The van der Waals surface area contributed by atoms with Crippen LogP contribution in [0, 0.1) is 5.92 Å². The number of ether oxygens (including phenoxy) is 1. The van der Waals surface area contributed by atoms with E-state index in [0.29, 0.717) is 13.1 Å². The van der Waals surface area contributed by atoms with Gasteiger partial charge in [-0.25, -0.2) is 9.78 Å². The molecule has 29 heavy (non-hydrogen) atoms. The van der Waals surface area contributed by atoms with E-state index in [1.165, 1.54) is 0 Å². The molecule has 0 saturated carbocycles. The average Bonchev–Trinajstić information content (AvgIpc) is 3.16. The molecule has 3 heterocycles. The van der Waals surface area contributed by atoms with Crippen molar-refractivity contribution in [3.63, 3.8) is 0 Å². The van der Waals surface area contributed by atoms with E-state index in [1.54, 1.807) is 34.2 Å². The average molecular weight is 429 g/mol. The molecule has 1 aromatic carbocycles. The highest BCUT2D eigenvalue weighted by Gasteiger charge is 2.31. The van der Waals surface area contributed by atoms with Gasteiger partial charge in [0.05, 0.1) is 10.3 Å². The molecule has 5 nitrogen and oxygen atoms in total. The summed E-state index contributed by atoms with van der Waals surface area (Å²) in [5, 5.41) is 12.2. The van der Waals surface area contributed by atoms with Gasteiger partial charge in [0.1, 0.15) is 11.4 Å². The maximum absolute atomic E-state index is 12.4. The number of fused-ring (bicyclic) bond motifs is 1. The van der Waals surface area contributed by atoms with Crippen LogP contribution in [0.5, 0.6) is 0 Å². The second kappa shape index (κ2) is 9.15. The Kier molecular flexibility index (Phi) is 6.37. The third-order valence-corrected chi connectivity index (χ3v) is 7.67. The summed E-state index contributed by atoms with van der Waals surface area (Å²) in [5.41, 5.74) is 1.98. The van der Waals surface area contributed by atoms with Crippen molar-refractivity contribution in [2.24, 2.45) is 5.92 Å². The van der Waals surface area contributed by atoms with Crippen LogP contribution in [-0.2, 0) is 11.3 Å². The van der Waals surface area contributed by atoms with E-state index in [1.807, 2.05) is 48.7 Å². The van der Waals surface area contributed by atoms with Crippen molar-refractivity contribution < 1.29 is 14.6 Å². The lowest BCUT2D eigenvalue weighted by Gasteiger charge is -2.33. The van der Waals surface area contributed by atoms with Crippen LogP contribution in [0.1, 0.15) is 30.1 Å². The molecule has 1 saturated heterocycles. The number of aliphatic hydroxyl groups is 1. The fourth-order valence-corrected chi connectivity index (χ4v) is 5.74. The summed E-state index contributed by atoms with van der Waals surface area (Å²) in [7, 11) is 0. The number of carbonyl (C=O) groups excluding carboxylic acids is 1. The molecular formula is C22H24N2O3S2. The number of hydrogen-bond donors (Lipinski definition) is 1. The molecule has 1 unspecified atom stereocenters. The van der Waals surface area contributed by atoms with Crippen molar-refractivity contribution in [1.29, 1.82) is 0 Å². The van der Waals surface area contributed by atoms with Crippen molar-refractivity contribution in [2.45, 2.75) is 29.8 Å². The summed E-state index contributed by atoms with van der Waals surface area (Å²) in [4.78, 5) is 19.5. The molecule has 1 amide bonds. The van der Waals surface area contributed by atoms with E-state index in [4.69, 9.17) is 4.74 Å². The topological polar surface area (TPSA) is 62.7 Å². The van der Waals surface area contributed by atoms with Crippen molar-refractivity contribution in [2.75, 3.05) is 19.3 Å². The highest BCUT2D eigenvalue weighted by Crippen LogP contribution is 2.43. The van der Waals surface area contributed by atoms with Gasteiger partial charge in [0, 0.05) is 30.2 Å². The summed E-state index contributed by atoms with van der Waals surface area (Å²) in [5.74, 6) is 0.122. The van der Waals surface area contributed by atoms with Gasteiger partial charge in [-0.05, 0) is 42.7 Å². The van der Waals surface area contributed by atoms with Gasteiger partial charge in [0.15, 0.2) is 0 Å². The fraction of sp³-hybridized carbons (Fsp3) is 0.364. The molecule has 0 spiro atoms. The van der Waals surface area contributed by atoms with E-state index in [-0.39, 0.29) is 18.6 Å². The van der Waals surface area contributed by atoms with Crippen LogP contribution in [0.25, 0.3) is 10.2 Å².